The average Bonchev–Trinajstić information content (AvgIpc) is 2.81. The standard InChI is InChI=1S/C24H24ClN3O5/c1-15(27-23(30)20-22(29)19(32-3)13-14-26-20)24(31)33-28(2)21(16-7-5-4-6-8-16)17-9-11-18(25)12-10-17/h4-15,21,29H,1-3H3,(H,27,30)/t15-,21?/m0/s1. The van der Waals surface area contributed by atoms with Gasteiger partial charge in [0.15, 0.2) is 17.2 Å². The minimum absolute atomic E-state index is 0.0961. The van der Waals surface area contributed by atoms with E-state index in [0.717, 1.165) is 11.1 Å². The van der Waals surface area contributed by atoms with Crippen molar-refractivity contribution < 1.29 is 24.3 Å². The number of rotatable bonds is 8. The molecule has 0 radical (unpaired) electrons. The third-order valence-corrected chi connectivity index (χ3v) is 5.17. The van der Waals surface area contributed by atoms with E-state index in [1.165, 1.54) is 31.4 Å². The summed E-state index contributed by atoms with van der Waals surface area (Å²) in [6.45, 7) is 1.48. The second-order valence-electron chi connectivity index (χ2n) is 7.23. The number of hydroxylamine groups is 2. The molecule has 0 saturated carbocycles. The molecule has 0 saturated heterocycles. The van der Waals surface area contributed by atoms with Crippen LogP contribution in [0.2, 0.25) is 5.02 Å². The largest absolute Gasteiger partial charge is 0.503 e. The Morgan fingerprint density at radius 1 is 1.06 bits per heavy atom. The highest BCUT2D eigenvalue weighted by Crippen LogP contribution is 2.29. The highest BCUT2D eigenvalue weighted by atomic mass is 35.5. The first-order valence-electron chi connectivity index (χ1n) is 10.1. The van der Waals surface area contributed by atoms with Gasteiger partial charge in [0, 0.05) is 24.3 Å². The SMILES string of the molecule is COc1ccnc(C(=O)N[C@@H](C)C(=O)ON(C)C(c2ccccc2)c2ccc(Cl)cc2)c1O. The van der Waals surface area contributed by atoms with Crippen molar-refractivity contribution in [3.63, 3.8) is 0 Å². The number of nitrogens with one attached hydrogen (secondary N) is 1. The lowest BCUT2D eigenvalue weighted by molar-refractivity contribution is -0.193. The van der Waals surface area contributed by atoms with E-state index in [4.69, 9.17) is 21.2 Å². The highest BCUT2D eigenvalue weighted by molar-refractivity contribution is 6.30. The number of carbonyl (C=O) groups is 2. The van der Waals surface area contributed by atoms with Crippen molar-refractivity contribution in [1.82, 2.24) is 15.4 Å². The van der Waals surface area contributed by atoms with Crippen LogP contribution in [-0.2, 0) is 9.63 Å². The zero-order chi connectivity index (χ0) is 24.0. The number of amides is 1. The lowest BCUT2D eigenvalue weighted by atomic mass is 9.99. The summed E-state index contributed by atoms with van der Waals surface area (Å²) in [6.07, 6.45) is 1.32. The zero-order valence-electron chi connectivity index (χ0n) is 18.4. The Kier molecular flexibility index (Phi) is 7.87. The number of benzene rings is 2. The van der Waals surface area contributed by atoms with Crippen LogP contribution in [0.15, 0.2) is 66.9 Å². The quantitative estimate of drug-likeness (QED) is 0.484. The lowest BCUT2D eigenvalue weighted by Crippen LogP contribution is -2.42. The van der Waals surface area contributed by atoms with Gasteiger partial charge in [-0.1, -0.05) is 54.1 Å². The van der Waals surface area contributed by atoms with Gasteiger partial charge in [-0.25, -0.2) is 9.78 Å². The first kappa shape index (κ1) is 24.0. The number of aromatic nitrogens is 1. The van der Waals surface area contributed by atoms with Crippen LogP contribution >= 0.6 is 11.6 Å². The van der Waals surface area contributed by atoms with Gasteiger partial charge in [0.1, 0.15) is 6.04 Å². The third kappa shape index (κ3) is 5.79. The summed E-state index contributed by atoms with van der Waals surface area (Å²) in [5.74, 6) is -1.75. The van der Waals surface area contributed by atoms with Gasteiger partial charge in [0.25, 0.3) is 5.91 Å². The normalized spacial score (nSPS) is 12.6. The maximum atomic E-state index is 12.7. The summed E-state index contributed by atoms with van der Waals surface area (Å²) in [5.41, 5.74) is 1.51. The Labute approximate surface area is 196 Å². The molecule has 3 aromatic rings. The van der Waals surface area contributed by atoms with E-state index in [9.17, 15) is 14.7 Å². The minimum atomic E-state index is -1.02. The van der Waals surface area contributed by atoms with E-state index in [-0.39, 0.29) is 11.4 Å². The molecule has 3 rings (SSSR count). The van der Waals surface area contributed by atoms with Crippen molar-refractivity contribution in [2.75, 3.05) is 14.2 Å². The molecule has 0 aliphatic heterocycles. The topological polar surface area (TPSA) is 101 Å². The van der Waals surface area contributed by atoms with Gasteiger partial charge in [-0.05, 0) is 30.2 Å². The fourth-order valence-corrected chi connectivity index (χ4v) is 3.38. The number of ether oxygens (including phenoxy) is 1. The molecule has 8 nitrogen and oxygen atoms in total. The molecular weight excluding hydrogens is 446 g/mol. The molecule has 1 heterocycles. The Balaban J connectivity index is 1.74. The Morgan fingerprint density at radius 3 is 2.33 bits per heavy atom. The molecule has 0 aliphatic rings. The third-order valence-electron chi connectivity index (χ3n) is 4.92. The maximum absolute atomic E-state index is 12.7. The van der Waals surface area contributed by atoms with E-state index >= 15 is 0 Å². The number of hydrogen-bond acceptors (Lipinski definition) is 7. The van der Waals surface area contributed by atoms with Crippen molar-refractivity contribution >= 4 is 23.5 Å². The van der Waals surface area contributed by atoms with Crippen LogP contribution in [-0.4, -0.2) is 47.2 Å². The molecule has 172 valence electrons. The van der Waals surface area contributed by atoms with Crippen LogP contribution in [0.5, 0.6) is 11.5 Å². The van der Waals surface area contributed by atoms with Crippen LogP contribution in [0.25, 0.3) is 0 Å². The highest BCUT2D eigenvalue weighted by Gasteiger charge is 2.27. The summed E-state index contributed by atoms with van der Waals surface area (Å²) in [7, 11) is 2.99. The van der Waals surface area contributed by atoms with Gasteiger partial charge in [0.2, 0.25) is 0 Å². The summed E-state index contributed by atoms with van der Waals surface area (Å²) in [5, 5.41) is 14.6. The second-order valence-corrected chi connectivity index (χ2v) is 7.66. The fourth-order valence-electron chi connectivity index (χ4n) is 3.26. The maximum Gasteiger partial charge on any atom is 0.347 e. The van der Waals surface area contributed by atoms with Crippen molar-refractivity contribution in [1.29, 1.82) is 0 Å². The number of methoxy groups -OCH3 is 1. The number of hydrogen-bond donors (Lipinski definition) is 2. The van der Waals surface area contributed by atoms with Crippen molar-refractivity contribution in [3.8, 4) is 11.5 Å². The van der Waals surface area contributed by atoms with Crippen LogP contribution in [0, 0.1) is 0 Å². The van der Waals surface area contributed by atoms with Gasteiger partial charge in [-0.2, -0.15) is 0 Å². The monoisotopic (exact) mass is 469 g/mol. The van der Waals surface area contributed by atoms with Gasteiger partial charge in [0.05, 0.1) is 13.2 Å². The van der Waals surface area contributed by atoms with Crippen molar-refractivity contribution in [2.24, 2.45) is 0 Å². The molecule has 33 heavy (non-hydrogen) atoms. The average molecular weight is 470 g/mol. The summed E-state index contributed by atoms with van der Waals surface area (Å²) < 4.78 is 4.98. The Morgan fingerprint density at radius 2 is 1.70 bits per heavy atom. The molecule has 0 bridgehead atoms. The van der Waals surface area contributed by atoms with E-state index in [1.54, 1.807) is 19.2 Å². The number of nitrogens with zero attached hydrogens (tertiary/aromatic N) is 2. The first-order valence-corrected chi connectivity index (χ1v) is 10.5. The van der Waals surface area contributed by atoms with E-state index < -0.39 is 29.7 Å². The van der Waals surface area contributed by atoms with E-state index in [2.05, 4.69) is 10.3 Å². The summed E-state index contributed by atoms with van der Waals surface area (Å²) >= 11 is 6.03. The molecule has 2 aromatic carbocycles. The van der Waals surface area contributed by atoms with E-state index in [1.807, 2.05) is 42.5 Å². The van der Waals surface area contributed by atoms with Gasteiger partial charge in [-0.15, -0.1) is 5.06 Å². The number of carbonyl (C=O) groups excluding carboxylic acids is 2. The lowest BCUT2D eigenvalue weighted by Gasteiger charge is -2.28. The van der Waals surface area contributed by atoms with Crippen LogP contribution in [0.3, 0.4) is 0 Å². The molecule has 2 N–H and O–H groups in total. The van der Waals surface area contributed by atoms with Crippen LogP contribution < -0.4 is 10.1 Å². The first-order chi connectivity index (χ1) is 15.8. The molecule has 0 fully saturated rings. The molecule has 9 heteroatoms. The molecule has 1 amide bonds. The summed E-state index contributed by atoms with van der Waals surface area (Å²) in [6, 6.07) is 16.8. The van der Waals surface area contributed by atoms with Crippen molar-refractivity contribution in [3.05, 3.63) is 88.7 Å². The van der Waals surface area contributed by atoms with Gasteiger partial charge in [-0.3, -0.25) is 4.79 Å². The Hall–Kier alpha value is -3.62. The predicted octanol–water partition coefficient (Wildman–Crippen LogP) is 3.75. The van der Waals surface area contributed by atoms with Gasteiger partial charge >= 0.3 is 5.97 Å². The molecule has 0 spiro atoms. The van der Waals surface area contributed by atoms with Crippen molar-refractivity contribution in [2.45, 2.75) is 19.0 Å². The zero-order valence-corrected chi connectivity index (χ0v) is 19.1. The molecule has 1 aromatic heterocycles. The minimum Gasteiger partial charge on any atom is -0.503 e. The summed E-state index contributed by atoms with van der Waals surface area (Å²) in [4.78, 5) is 34.7. The molecule has 1 unspecified atom stereocenters. The Bertz CT molecular complexity index is 1110. The predicted molar refractivity (Wildman–Crippen MR) is 123 cm³/mol. The number of halogens is 1. The molecule has 2 atom stereocenters. The number of pyridine rings is 1. The van der Waals surface area contributed by atoms with E-state index in [0.29, 0.717) is 5.02 Å². The van der Waals surface area contributed by atoms with Crippen LogP contribution in [0.4, 0.5) is 0 Å². The number of aromatic hydroxyl groups is 1. The second kappa shape index (κ2) is 10.8. The fraction of sp³-hybridized carbons (Fsp3) is 0.208. The van der Waals surface area contributed by atoms with Crippen LogP contribution in [0.1, 0.15) is 34.6 Å². The smallest absolute Gasteiger partial charge is 0.347 e. The molecular formula is C24H24ClN3O5. The molecule has 0 aliphatic carbocycles. The van der Waals surface area contributed by atoms with Gasteiger partial charge < -0.3 is 20.0 Å².